The van der Waals surface area contributed by atoms with Crippen molar-refractivity contribution in [3.63, 3.8) is 0 Å². The molecule has 1 fully saturated rings. The molecule has 1 rings (SSSR count). The van der Waals surface area contributed by atoms with Crippen LogP contribution in [0.5, 0.6) is 0 Å². The predicted octanol–water partition coefficient (Wildman–Crippen LogP) is 2.28. The summed E-state index contributed by atoms with van der Waals surface area (Å²) in [6, 6.07) is 0. The van der Waals surface area contributed by atoms with Gasteiger partial charge >= 0.3 is 12.1 Å². The van der Waals surface area contributed by atoms with Crippen molar-refractivity contribution in [3.8, 4) is 0 Å². The van der Waals surface area contributed by atoms with E-state index in [2.05, 4.69) is 4.72 Å². The molecule has 2 N–H and O–H groups in total. The smallest absolute Gasteiger partial charge is 0.389 e. The van der Waals surface area contributed by atoms with Gasteiger partial charge in [-0.25, -0.2) is 8.42 Å². The third-order valence-corrected chi connectivity index (χ3v) is 5.29. The van der Waals surface area contributed by atoms with Gasteiger partial charge in [-0.3, -0.25) is 4.79 Å². The average molecular weight is 331 g/mol. The number of hydrogen-bond acceptors (Lipinski definition) is 3. The van der Waals surface area contributed by atoms with E-state index in [9.17, 15) is 31.5 Å². The molecule has 5 nitrogen and oxygen atoms in total. The van der Waals surface area contributed by atoms with Crippen molar-refractivity contribution in [2.75, 3.05) is 5.75 Å². The molecule has 0 aromatic heterocycles. The summed E-state index contributed by atoms with van der Waals surface area (Å²) < 4.78 is 61.9. The van der Waals surface area contributed by atoms with Crippen molar-refractivity contribution in [1.82, 2.24) is 4.72 Å². The quantitative estimate of drug-likeness (QED) is 0.782. The van der Waals surface area contributed by atoms with Crippen LogP contribution in [0, 0.1) is 5.92 Å². The van der Waals surface area contributed by atoms with E-state index in [0.717, 1.165) is 0 Å². The van der Waals surface area contributed by atoms with Crippen LogP contribution in [-0.2, 0) is 14.8 Å². The summed E-state index contributed by atoms with van der Waals surface area (Å²) in [5.41, 5.74) is -1.58. The zero-order valence-corrected chi connectivity index (χ0v) is 12.6. The van der Waals surface area contributed by atoms with Gasteiger partial charge in [-0.15, -0.1) is 0 Å². The first kappa shape index (κ1) is 18.2. The molecular formula is C12H20F3NO4S. The highest BCUT2D eigenvalue weighted by Gasteiger charge is 2.44. The highest BCUT2D eigenvalue weighted by atomic mass is 32.2. The molecule has 0 aromatic rings. The molecule has 0 saturated heterocycles. The van der Waals surface area contributed by atoms with Gasteiger partial charge in [0, 0.05) is 6.42 Å². The van der Waals surface area contributed by atoms with E-state index >= 15 is 0 Å². The van der Waals surface area contributed by atoms with Gasteiger partial charge < -0.3 is 5.11 Å². The molecule has 0 bridgehead atoms. The minimum atomic E-state index is -4.42. The van der Waals surface area contributed by atoms with Gasteiger partial charge in [0.25, 0.3) is 0 Å². The second-order valence-electron chi connectivity index (χ2n) is 5.71. The number of sulfonamides is 1. The minimum absolute atomic E-state index is 0.155. The molecule has 0 aromatic carbocycles. The predicted molar refractivity (Wildman–Crippen MR) is 70.2 cm³/mol. The first-order chi connectivity index (χ1) is 9.46. The van der Waals surface area contributed by atoms with Crippen molar-refractivity contribution in [3.05, 3.63) is 0 Å². The molecule has 0 unspecified atom stereocenters. The van der Waals surface area contributed by atoms with Gasteiger partial charge in [-0.05, 0) is 38.0 Å². The second-order valence-corrected chi connectivity index (χ2v) is 7.55. The molecule has 1 saturated carbocycles. The minimum Gasteiger partial charge on any atom is -0.480 e. The number of hydrogen-bond donors (Lipinski definition) is 2. The summed E-state index contributed by atoms with van der Waals surface area (Å²) in [5, 5.41) is 9.29. The Kier molecular flexibility index (Phi) is 5.65. The molecule has 0 amide bonds. The average Bonchev–Trinajstić information content (AvgIpc) is 2.29. The van der Waals surface area contributed by atoms with Gasteiger partial charge in [-0.2, -0.15) is 17.9 Å². The third kappa shape index (κ3) is 5.82. The van der Waals surface area contributed by atoms with Crippen LogP contribution >= 0.6 is 0 Å². The van der Waals surface area contributed by atoms with Crippen LogP contribution in [0.4, 0.5) is 13.2 Å². The Morgan fingerprint density at radius 2 is 1.86 bits per heavy atom. The lowest BCUT2D eigenvalue weighted by molar-refractivity contribution is -0.145. The zero-order chi connectivity index (χ0) is 16.3. The van der Waals surface area contributed by atoms with E-state index in [0.29, 0.717) is 18.8 Å². The molecule has 1 aliphatic rings. The van der Waals surface area contributed by atoms with Crippen molar-refractivity contribution in [1.29, 1.82) is 0 Å². The number of aliphatic carboxylic acids is 1. The Morgan fingerprint density at radius 1 is 1.33 bits per heavy atom. The van der Waals surface area contributed by atoms with E-state index in [4.69, 9.17) is 0 Å². The van der Waals surface area contributed by atoms with Crippen LogP contribution in [-0.4, -0.2) is 37.0 Å². The summed E-state index contributed by atoms with van der Waals surface area (Å²) in [6.07, 6.45) is -4.75. The summed E-state index contributed by atoms with van der Waals surface area (Å²) in [4.78, 5) is 11.4. The van der Waals surface area contributed by atoms with Gasteiger partial charge in [0.05, 0.1) is 5.75 Å². The Balaban J connectivity index is 2.68. The Hall–Kier alpha value is -0.830. The van der Waals surface area contributed by atoms with Crippen LogP contribution in [0.3, 0.4) is 0 Å². The number of carbonyl (C=O) groups is 1. The number of carboxylic acids is 1. The molecule has 0 aliphatic heterocycles. The summed E-state index contributed by atoms with van der Waals surface area (Å²) in [5.74, 6) is -1.68. The lowest BCUT2D eigenvalue weighted by Crippen LogP contribution is -2.56. The molecule has 0 radical (unpaired) electrons. The number of carboxylic acid groups (broad SMARTS) is 1. The van der Waals surface area contributed by atoms with Gasteiger partial charge in [0.1, 0.15) is 5.54 Å². The highest BCUT2D eigenvalue weighted by Crippen LogP contribution is 2.33. The van der Waals surface area contributed by atoms with Crippen LogP contribution in [0.1, 0.15) is 45.4 Å². The van der Waals surface area contributed by atoms with Crippen LogP contribution in [0.15, 0.2) is 0 Å². The number of halogens is 3. The molecule has 124 valence electrons. The lowest BCUT2D eigenvalue weighted by Gasteiger charge is -2.36. The van der Waals surface area contributed by atoms with E-state index in [1.807, 2.05) is 6.92 Å². The largest absolute Gasteiger partial charge is 0.480 e. The van der Waals surface area contributed by atoms with Gasteiger partial charge in [0.2, 0.25) is 10.0 Å². The maximum Gasteiger partial charge on any atom is 0.389 e. The Morgan fingerprint density at radius 3 is 2.29 bits per heavy atom. The fraction of sp³-hybridized carbons (Fsp3) is 0.917. The molecule has 9 heteroatoms. The molecule has 21 heavy (non-hydrogen) atoms. The van der Waals surface area contributed by atoms with E-state index in [-0.39, 0.29) is 12.8 Å². The third-order valence-electron chi connectivity index (χ3n) is 3.76. The summed E-state index contributed by atoms with van der Waals surface area (Å²) in [7, 11) is -4.06. The molecule has 0 heterocycles. The number of nitrogens with one attached hydrogen (secondary N) is 1. The van der Waals surface area contributed by atoms with Crippen LogP contribution in [0.25, 0.3) is 0 Å². The van der Waals surface area contributed by atoms with E-state index in [1.54, 1.807) is 0 Å². The number of alkyl halides is 3. The Bertz CT molecular complexity index is 467. The first-order valence-corrected chi connectivity index (χ1v) is 8.43. The molecule has 0 spiro atoms. The summed E-state index contributed by atoms with van der Waals surface area (Å²) in [6.45, 7) is 1.95. The topological polar surface area (TPSA) is 83.5 Å². The van der Waals surface area contributed by atoms with Crippen LogP contribution in [0.2, 0.25) is 0 Å². The maximum atomic E-state index is 12.0. The van der Waals surface area contributed by atoms with Crippen molar-refractivity contribution in [2.45, 2.75) is 57.2 Å². The van der Waals surface area contributed by atoms with Crippen molar-refractivity contribution in [2.24, 2.45) is 5.92 Å². The standard InChI is InChI=1S/C12H20F3NO4S/c1-9-3-6-11(7-4-9,10(17)18)16-21(19,20)8-2-5-12(13,14)15/h9,16H,2-8H2,1H3,(H,17,18). The van der Waals surface area contributed by atoms with E-state index in [1.165, 1.54) is 0 Å². The molecule has 1 aliphatic carbocycles. The number of rotatable bonds is 6. The van der Waals surface area contributed by atoms with Gasteiger partial charge in [-0.1, -0.05) is 6.92 Å². The van der Waals surface area contributed by atoms with Crippen LogP contribution < -0.4 is 4.72 Å². The van der Waals surface area contributed by atoms with Gasteiger partial charge in [0.15, 0.2) is 0 Å². The fourth-order valence-electron chi connectivity index (χ4n) is 2.43. The highest BCUT2D eigenvalue weighted by molar-refractivity contribution is 7.89. The summed E-state index contributed by atoms with van der Waals surface area (Å²) >= 11 is 0. The SMILES string of the molecule is CC1CCC(NS(=O)(=O)CCCC(F)(F)F)(C(=O)O)CC1. The zero-order valence-electron chi connectivity index (χ0n) is 11.7. The fourth-order valence-corrected chi connectivity index (χ4v) is 3.94. The molecule has 0 atom stereocenters. The van der Waals surface area contributed by atoms with Crippen molar-refractivity contribution < 1.29 is 31.5 Å². The lowest BCUT2D eigenvalue weighted by atomic mass is 9.78. The van der Waals surface area contributed by atoms with Crippen molar-refractivity contribution >= 4 is 16.0 Å². The Labute approximate surface area is 122 Å². The normalized spacial score (nSPS) is 27.5. The first-order valence-electron chi connectivity index (χ1n) is 6.78. The van der Waals surface area contributed by atoms with E-state index < -0.39 is 46.3 Å². The second kappa shape index (κ2) is 6.51. The monoisotopic (exact) mass is 331 g/mol. The molecular weight excluding hydrogens is 311 g/mol. The maximum absolute atomic E-state index is 12.0.